The van der Waals surface area contributed by atoms with Crippen LogP contribution in [0.4, 0.5) is 17.1 Å². The predicted octanol–water partition coefficient (Wildman–Crippen LogP) is 3.00. The molecule has 0 heterocycles. The van der Waals surface area contributed by atoms with Gasteiger partial charge >= 0.3 is 23.9 Å². The molecule has 3 aromatic rings. The molecule has 1 amide bonds. The number of Topliss-reactive ketones (excluding diaryl/α,β-unsaturated/α-hetero) is 3. The van der Waals surface area contributed by atoms with Crippen LogP contribution in [0.2, 0.25) is 0 Å². The zero-order valence-corrected chi connectivity index (χ0v) is 28.8. The van der Waals surface area contributed by atoms with Gasteiger partial charge in [0.2, 0.25) is 0 Å². The third-order valence-electron chi connectivity index (χ3n) is 6.99. The standard InChI is InChI=1S/C35H33N5O12/c1-18(41)29(39-37-26-16-21(32(45)49-3)9-13-24(26)34(47)51-5)28(43)15-20-7-11-23(12-8-20)36-31(44)30(19(2)42)40-38-27-17-22(33(46)50-4)10-14-25(27)35(48)52-6/h7-14,16-17,37-38H,15H2,1-6H3,(H,36,44)/b39-29-,40-30-. The Morgan fingerprint density at radius 3 is 1.38 bits per heavy atom. The largest absolute Gasteiger partial charge is 0.465 e. The monoisotopic (exact) mass is 715 g/mol. The molecule has 0 radical (unpaired) electrons. The summed E-state index contributed by atoms with van der Waals surface area (Å²) >= 11 is 0. The Balaban J connectivity index is 1.78. The highest BCUT2D eigenvalue weighted by Gasteiger charge is 2.22. The summed E-state index contributed by atoms with van der Waals surface area (Å²) in [6.45, 7) is 2.22. The minimum Gasteiger partial charge on any atom is -0.465 e. The van der Waals surface area contributed by atoms with E-state index in [1.807, 2.05) is 0 Å². The molecule has 0 atom stereocenters. The summed E-state index contributed by atoms with van der Waals surface area (Å²) in [5, 5.41) is 10.3. The first-order valence-corrected chi connectivity index (χ1v) is 15.0. The minimum absolute atomic E-state index is 0.0244. The molecule has 0 aliphatic heterocycles. The van der Waals surface area contributed by atoms with Crippen molar-refractivity contribution in [1.82, 2.24) is 0 Å². The summed E-state index contributed by atoms with van der Waals surface area (Å²) < 4.78 is 18.9. The lowest BCUT2D eigenvalue weighted by Gasteiger charge is -2.11. The number of benzene rings is 3. The summed E-state index contributed by atoms with van der Waals surface area (Å²) in [5.41, 5.74) is 4.49. The number of ketones is 3. The molecular weight excluding hydrogens is 682 g/mol. The smallest absolute Gasteiger partial charge is 0.340 e. The lowest BCUT2D eigenvalue weighted by molar-refractivity contribution is -0.116. The maximum Gasteiger partial charge on any atom is 0.340 e. The second-order valence-electron chi connectivity index (χ2n) is 10.5. The summed E-state index contributed by atoms with van der Waals surface area (Å²) in [7, 11) is 4.63. The van der Waals surface area contributed by atoms with Crippen molar-refractivity contribution in [2.45, 2.75) is 20.3 Å². The van der Waals surface area contributed by atoms with Crippen LogP contribution in [0.5, 0.6) is 0 Å². The summed E-state index contributed by atoms with van der Waals surface area (Å²) in [6, 6.07) is 13.5. The maximum atomic E-state index is 13.1. The number of nitrogens with zero attached hydrogens (tertiary/aromatic N) is 2. The number of methoxy groups -OCH3 is 4. The lowest BCUT2D eigenvalue weighted by Crippen LogP contribution is -2.29. The van der Waals surface area contributed by atoms with Crippen LogP contribution in [0, 0.1) is 0 Å². The van der Waals surface area contributed by atoms with E-state index >= 15 is 0 Å². The second-order valence-corrected chi connectivity index (χ2v) is 10.5. The van der Waals surface area contributed by atoms with Gasteiger partial charge in [-0.3, -0.25) is 30.0 Å². The highest BCUT2D eigenvalue weighted by molar-refractivity contribution is 6.67. The van der Waals surface area contributed by atoms with Crippen LogP contribution >= 0.6 is 0 Å². The number of carbonyl (C=O) groups is 8. The average molecular weight is 716 g/mol. The van der Waals surface area contributed by atoms with Crippen LogP contribution in [-0.2, 0) is 44.5 Å². The first-order chi connectivity index (χ1) is 24.7. The van der Waals surface area contributed by atoms with Crippen molar-refractivity contribution in [2.24, 2.45) is 10.2 Å². The van der Waals surface area contributed by atoms with Crippen LogP contribution in [0.3, 0.4) is 0 Å². The zero-order chi connectivity index (χ0) is 38.5. The number of nitrogens with one attached hydrogen (secondary N) is 3. The number of ether oxygens (including phenoxy) is 4. The molecule has 0 spiro atoms. The molecule has 0 aliphatic carbocycles. The molecule has 17 nitrogen and oxygen atoms in total. The predicted molar refractivity (Wildman–Crippen MR) is 186 cm³/mol. The van der Waals surface area contributed by atoms with Gasteiger partial charge in [0.05, 0.1) is 62.1 Å². The molecule has 3 N–H and O–H groups in total. The molecule has 0 aromatic heterocycles. The molecule has 0 bridgehead atoms. The van der Waals surface area contributed by atoms with E-state index in [9.17, 15) is 38.4 Å². The molecule has 17 heteroatoms. The third-order valence-corrected chi connectivity index (χ3v) is 6.99. The normalized spacial score (nSPS) is 11.0. The fourth-order valence-corrected chi connectivity index (χ4v) is 4.36. The molecular formula is C35H33N5O12. The third kappa shape index (κ3) is 10.0. The Hall–Kier alpha value is -7.04. The fourth-order valence-electron chi connectivity index (χ4n) is 4.36. The number of esters is 4. The molecule has 52 heavy (non-hydrogen) atoms. The summed E-state index contributed by atoms with van der Waals surface area (Å²) in [4.78, 5) is 99.3. The number of hydrogen-bond acceptors (Lipinski definition) is 16. The van der Waals surface area contributed by atoms with Crippen LogP contribution in [0.1, 0.15) is 60.8 Å². The van der Waals surface area contributed by atoms with E-state index in [0.29, 0.717) is 5.56 Å². The lowest BCUT2D eigenvalue weighted by atomic mass is 10.0. The van der Waals surface area contributed by atoms with Crippen LogP contribution in [-0.4, -0.2) is 87.0 Å². The van der Waals surface area contributed by atoms with Crippen molar-refractivity contribution in [1.29, 1.82) is 0 Å². The SMILES string of the molecule is COC(=O)c1ccc(C(=O)OC)c(N/N=C(/C(C)=O)C(=O)Cc2ccc(NC(=O)/C(=N\Nc3cc(C(=O)OC)ccc3C(=O)OC)C(C)=O)cc2)c1. The number of amides is 1. The molecule has 0 saturated carbocycles. The van der Waals surface area contributed by atoms with Gasteiger partial charge in [-0.2, -0.15) is 10.2 Å². The van der Waals surface area contributed by atoms with Gasteiger partial charge in [-0.1, -0.05) is 12.1 Å². The molecule has 0 aliphatic rings. The zero-order valence-electron chi connectivity index (χ0n) is 28.8. The Labute approximate surface area is 296 Å². The highest BCUT2D eigenvalue weighted by atomic mass is 16.5. The van der Waals surface area contributed by atoms with Crippen molar-refractivity contribution < 1.29 is 57.3 Å². The number of hydrogen-bond donors (Lipinski definition) is 3. The number of rotatable bonds is 15. The Bertz CT molecular complexity index is 1860. The number of anilines is 3. The molecule has 0 saturated heterocycles. The second kappa shape index (κ2) is 18.1. The van der Waals surface area contributed by atoms with Gasteiger partial charge in [0.25, 0.3) is 5.91 Å². The van der Waals surface area contributed by atoms with E-state index in [-0.39, 0.29) is 45.7 Å². The van der Waals surface area contributed by atoms with Crippen molar-refractivity contribution in [3.05, 3.63) is 88.5 Å². The number of hydrazone groups is 2. The molecule has 0 fully saturated rings. The average Bonchev–Trinajstić information content (AvgIpc) is 3.13. The van der Waals surface area contributed by atoms with Gasteiger partial charge in [0.1, 0.15) is 0 Å². The summed E-state index contributed by atoms with van der Waals surface area (Å²) in [5.74, 6) is -6.01. The minimum atomic E-state index is -0.924. The van der Waals surface area contributed by atoms with Gasteiger partial charge in [0, 0.05) is 26.0 Å². The van der Waals surface area contributed by atoms with Gasteiger partial charge in [-0.05, 0) is 54.1 Å². The van der Waals surface area contributed by atoms with Crippen molar-refractivity contribution in [3.63, 3.8) is 0 Å². The van der Waals surface area contributed by atoms with Crippen LogP contribution < -0.4 is 16.2 Å². The summed E-state index contributed by atoms with van der Waals surface area (Å²) in [6.07, 6.45) is -0.294. The van der Waals surface area contributed by atoms with E-state index in [1.165, 1.54) is 74.9 Å². The molecule has 3 rings (SSSR count). The Morgan fingerprint density at radius 1 is 0.558 bits per heavy atom. The topological polar surface area (TPSA) is 234 Å². The molecule has 270 valence electrons. The van der Waals surface area contributed by atoms with Crippen LogP contribution in [0.15, 0.2) is 70.9 Å². The van der Waals surface area contributed by atoms with Gasteiger partial charge in [-0.15, -0.1) is 0 Å². The van der Waals surface area contributed by atoms with E-state index in [1.54, 1.807) is 0 Å². The van der Waals surface area contributed by atoms with Crippen molar-refractivity contribution >= 4 is 75.6 Å². The van der Waals surface area contributed by atoms with E-state index in [0.717, 1.165) is 28.1 Å². The van der Waals surface area contributed by atoms with Crippen LogP contribution in [0.25, 0.3) is 0 Å². The van der Waals surface area contributed by atoms with Crippen molar-refractivity contribution in [3.8, 4) is 0 Å². The van der Waals surface area contributed by atoms with E-state index in [4.69, 9.17) is 14.2 Å². The first-order valence-electron chi connectivity index (χ1n) is 15.0. The maximum absolute atomic E-state index is 13.1. The first kappa shape index (κ1) is 39.4. The number of carbonyl (C=O) groups excluding carboxylic acids is 8. The Kier molecular flexibility index (Phi) is 13.7. The molecule has 3 aromatic carbocycles. The Morgan fingerprint density at radius 2 is 0.981 bits per heavy atom. The van der Waals surface area contributed by atoms with Gasteiger partial charge < -0.3 is 24.3 Å². The van der Waals surface area contributed by atoms with Gasteiger partial charge in [-0.25, -0.2) is 19.2 Å². The fraction of sp³-hybridized carbons (Fsp3) is 0.200. The highest BCUT2D eigenvalue weighted by Crippen LogP contribution is 2.22. The van der Waals surface area contributed by atoms with Gasteiger partial charge in [0.15, 0.2) is 28.8 Å². The molecule has 0 unspecified atom stereocenters. The quantitative estimate of drug-likeness (QED) is 0.0675. The van der Waals surface area contributed by atoms with E-state index in [2.05, 4.69) is 31.1 Å². The van der Waals surface area contributed by atoms with Crippen molar-refractivity contribution in [2.75, 3.05) is 44.6 Å². The van der Waals surface area contributed by atoms with E-state index < -0.39 is 58.6 Å².